The molecule has 0 aliphatic heterocycles. The van der Waals surface area contributed by atoms with Crippen LogP contribution in [0.5, 0.6) is 5.75 Å². The number of methoxy groups -OCH3 is 1. The summed E-state index contributed by atoms with van der Waals surface area (Å²) >= 11 is 5.90. The van der Waals surface area contributed by atoms with Gasteiger partial charge in [0.2, 0.25) is 5.76 Å². The maximum atomic E-state index is 12.0. The zero-order valence-electron chi connectivity index (χ0n) is 14.7. The molecular weight excluding hydrogens is 370 g/mol. The topological polar surface area (TPSA) is 77.8 Å². The van der Waals surface area contributed by atoms with E-state index in [9.17, 15) is 9.59 Å². The molecule has 1 amide bonds. The second-order valence-corrected chi connectivity index (χ2v) is 6.25. The number of benzene rings is 2. The number of fused-ring (bicyclic) bond motifs is 1. The SMILES string of the molecule is COc1ccc(CCNC(=O)COC(=O)c2cc3cc(Cl)ccc3o2)cc1. The fraction of sp³-hybridized carbons (Fsp3) is 0.200. The summed E-state index contributed by atoms with van der Waals surface area (Å²) in [6.07, 6.45) is 0.661. The molecule has 0 spiro atoms. The number of esters is 1. The molecule has 7 heteroatoms. The van der Waals surface area contributed by atoms with Gasteiger partial charge in [-0.15, -0.1) is 0 Å². The van der Waals surface area contributed by atoms with Crippen LogP contribution in [-0.4, -0.2) is 32.1 Å². The average Bonchev–Trinajstić information content (AvgIpc) is 3.10. The Balaban J connectivity index is 1.44. The van der Waals surface area contributed by atoms with Crippen LogP contribution in [-0.2, 0) is 16.0 Å². The molecule has 0 aliphatic rings. The van der Waals surface area contributed by atoms with Gasteiger partial charge in [-0.2, -0.15) is 0 Å². The maximum absolute atomic E-state index is 12.0. The Hall–Kier alpha value is -2.99. The van der Waals surface area contributed by atoms with Crippen molar-refractivity contribution in [1.29, 1.82) is 0 Å². The smallest absolute Gasteiger partial charge is 0.374 e. The van der Waals surface area contributed by atoms with Gasteiger partial charge in [0, 0.05) is 17.0 Å². The Morgan fingerprint density at radius 2 is 1.89 bits per heavy atom. The quantitative estimate of drug-likeness (QED) is 0.626. The molecule has 3 rings (SSSR count). The average molecular weight is 388 g/mol. The molecule has 0 aliphatic carbocycles. The molecule has 0 atom stereocenters. The number of rotatable bonds is 7. The van der Waals surface area contributed by atoms with Crippen molar-refractivity contribution in [2.24, 2.45) is 0 Å². The third-order valence-corrected chi connectivity index (χ3v) is 4.14. The largest absolute Gasteiger partial charge is 0.497 e. The molecule has 1 N–H and O–H groups in total. The zero-order valence-corrected chi connectivity index (χ0v) is 15.4. The minimum absolute atomic E-state index is 0.0262. The predicted octanol–water partition coefficient (Wildman–Crippen LogP) is 3.61. The van der Waals surface area contributed by atoms with Gasteiger partial charge in [0.15, 0.2) is 6.61 Å². The lowest BCUT2D eigenvalue weighted by atomic mass is 10.1. The van der Waals surface area contributed by atoms with Gasteiger partial charge in [-0.3, -0.25) is 4.79 Å². The highest BCUT2D eigenvalue weighted by Gasteiger charge is 2.15. The van der Waals surface area contributed by atoms with Crippen molar-refractivity contribution < 1.29 is 23.5 Å². The van der Waals surface area contributed by atoms with Crippen LogP contribution in [0.3, 0.4) is 0 Å². The molecule has 6 nitrogen and oxygen atoms in total. The van der Waals surface area contributed by atoms with Gasteiger partial charge in [-0.25, -0.2) is 4.79 Å². The van der Waals surface area contributed by atoms with Crippen molar-refractivity contribution >= 4 is 34.4 Å². The van der Waals surface area contributed by atoms with Crippen LogP contribution in [0.2, 0.25) is 5.02 Å². The van der Waals surface area contributed by atoms with Crippen LogP contribution in [0.4, 0.5) is 0 Å². The van der Waals surface area contributed by atoms with Crippen LogP contribution < -0.4 is 10.1 Å². The zero-order chi connectivity index (χ0) is 19.2. The van der Waals surface area contributed by atoms with Crippen LogP contribution in [0.1, 0.15) is 16.1 Å². The summed E-state index contributed by atoms with van der Waals surface area (Å²) in [6, 6.07) is 14.1. The molecule has 0 radical (unpaired) electrons. The second-order valence-electron chi connectivity index (χ2n) is 5.82. The summed E-state index contributed by atoms with van der Waals surface area (Å²) in [4.78, 5) is 23.8. The summed E-state index contributed by atoms with van der Waals surface area (Å²) in [7, 11) is 1.61. The van der Waals surface area contributed by atoms with Crippen molar-refractivity contribution in [3.63, 3.8) is 0 Å². The van der Waals surface area contributed by atoms with Gasteiger partial charge >= 0.3 is 5.97 Å². The molecule has 0 saturated carbocycles. The third kappa shape index (κ3) is 5.01. The van der Waals surface area contributed by atoms with Crippen molar-refractivity contribution in [3.05, 3.63) is 64.9 Å². The minimum atomic E-state index is -0.701. The molecule has 3 aromatic rings. The van der Waals surface area contributed by atoms with Gasteiger partial charge in [-0.05, 0) is 48.4 Å². The standard InChI is InChI=1S/C20H18ClNO5/c1-25-16-5-2-13(3-6-16)8-9-22-19(23)12-26-20(24)18-11-14-10-15(21)4-7-17(14)27-18/h2-7,10-11H,8-9,12H2,1H3,(H,22,23). The van der Waals surface area contributed by atoms with Crippen molar-refractivity contribution in [2.45, 2.75) is 6.42 Å². The number of hydrogen-bond donors (Lipinski definition) is 1. The normalized spacial score (nSPS) is 10.6. The summed E-state index contributed by atoms with van der Waals surface area (Å²) in [5.41, 5.74) is 1.59. The van der Waals surface area contributed by atoms with Crippen LogP contribution in [0.15, 0.2) is 52.9 Å². The van der Waals surface area contributed by atoms with Crippen LogP contribution >= 0.6 is 11.6 Å². The Bertz CT molecular complexity index is 949. The number of hydrogen-bond acceptors (Lipinski definition) is 5. The highest BCUT2D eigenvalue weighted by molar-refractivity contribution is 6.31. The Morgan fingerprint density at radius 3 is 2.63 bits per heavy atom. The number of carbonyl (C=O) groups is 2. The van der Waals surface area contributed by atoms with Crippen molar-refractivity contribution in [1.82, 2.24) is 5.32 Å². The van der Waals surface area contributed by atoms with E-state index in [1.165, 1.54) is 6.07 Å². The fourth-order valence-corrected chi connectivity index (χ4v) is 2.69. The van der Waals surface area contributed by atoms with Gasteiger partial charge in [0.1, 0.15) is 11.3 Å². The number of furan rings is 1. The number of halogens is 1. The lowest BCUT2D eigenvalue weighted by Gasteiger charge is -2.06. The number of ether oxygens (including phenoxy) is 2. The Labute approximate surface area is 161 Å². The highest BCUT2D eigenvalue weighted by Crippen LogP contribution is 2.23. The van der Waals surface area contributed by atoms with E-state index < -0.39 is 5.97 Å². The van der Waals surface area contributed by atoms with E-state index >= 15 is 0 Å². The molecule has 0 bridgehead atoms. The van der Waals surface area contributed by atoms with E-state index in [1.807, 2.05) is 24.3 Å². The number of carbonyl (C=O) groups excluding carboxylic acids is 2. The van der Waals surface area contributed by atoms with E-state index in [4.69, 9.17) is 25.5 Å². The summed E-state index contributed by atoms with van der Waals surface area (Å²) in [5.74, 6) is -0.274. The molecule has 0 saturated heterocycles. The summed E-state index contributed by atoms with van der Waals surface area (Å²) in [5, 5.41) is 3.94. The van der Waals surface area contributed by atoms with Crippen molar-refractivity contribution in [2.75, 3.05) is 20.3 Å². The van der Waals surface area contributed by atoms with Gasteiger partial charge in [0.25, 0.3) is 5.91 Å². The second kappa shape index (κ2) is 8.60. The van der Waals surface area contributed by atoms with E-state index in [0.29, 0.717) is 29.0 Å². The molecular formula is C20H18ClNO5. The fourth-order valence-electron chi connectivity index (χ4n) is 2.51. The lowest BCUT2D eigenvalue weighted by molar-refractivity contribution is -0.124. The Morgan fingerprint density at radius 1 is 1.11 bits per heavy atom. The van der Waals surface area contributed by atoms with Gasteiger partial charge in [-0.1, -0.05) is 23.7 Å². The Kier molecular flexibility index (Phi) is 5.98. The molecule has 0 fully saturated rings. The monoisotopic (exact) mass is 387 g/mol. The summed E-state index contributed by atoms with van der Waals surface area (Å²) < 4.78 is 15.5. The van der Waals surface area contributed by atoms with Gasteiger partial charge < -0.3 is 19.2 Å². The van der Waals surface area contributed by atoms with E-state index in [0.717, 1.165) is 11.3 Å². The predicted molar refractivity (Wildman–Crippen MR) is 101 cm³/mol. The van der Waals surface area contributed by atoms with Gasteiger partial charge in [0.05, 0.1) is 7.11 Å². The first kappa shape index (κ1) is 18.8. The molecule has 27 heavy (non-hydrogen) atoms. The minimum Gasteiger partial charge on any atom is -0.497 e. The third-order valence-electron chi connectivity index (χ3n) is 3.91. The maximum Gasteiger partial charge on any atom is 0.374 e. The number of amides is 1. The highest BCUT2D eigenvalue weighted by atomic mass is 35.5. The van der Waals surface area contributed by atoms with E-state index in [-0.39, 0.29) is 18.3 Å². The number of nitrogens with one attached hydrogen (secondary N) is 1. The van der Waals surface area contributed by atoms with Crippen LogP contribution in [0.25, 0.3) is 11.0 Å². The van der Waals surface area contributed by atoms with Crippen LogP contribution in [0, 0.1) is 0 Å². The van der Waals surface area contributed by atoms with E-state index in [2.05, 4.69) is 5.32 Å². The van der Waals surface area contributed by atoms with Crippen molar-refractivity contribution in [3.8, 4) is 5.75 Å². The van der Waals surface area contributed by atoms with E-state index in [1.54, 1.807) is 25.3 Å². The lowest BCUT2D eigenvalue weighted by Crippen LogP contribution is -2.30. The first-order valence-corrected chi connectivity index (χ1v) is 8.69. The first-order chi connectivity index (χ1) is 13.0. The molecule has 1 aromatic heterocycles. The first-order valence-electron chi connectivity index (χ1n) is 8.31. The summed E-state index contributed by atoms with van der Waals surface area (Å²) in [6.45, 7) is 0.0606. The molecule has 0 unspecified atom stereocenters. The molecule has 2 aromatic carbocycles. The molecule has 140 valence electrons. The molecule has 1 heterocycles.